The fourth-order valence-electron chi connectivity index (χ4n) is 3.56. The van der Waals surface area contributed by atoms with E-state index in [1.54, 1.807) is 17.4 Å². The number of nitriles is 1. The number of halogens is 1. The summed E-state index contributed by atoms with van der Waals surface area (Å²) in [6.07, 6.45) is 0.958. The van der Waals surface area contributed by atoms with E-state index in [1.807, 2.05) is 23.7 Å². The molecule has 0 unspecified atom stereocenters. The van der Waals surface area contributed by atoms with Gasteiger partial charge in [-0.25, -0.2) is 4.98 Å². The maximum atomic E-state index is 9.11. The molecule has 0 aliphatic rings. The molecule has 150 valence electrons. The van der Waals surface area contributed by atoms with Crippen molar-refractivity contribution in [1.29, 1.82) is 5.26 Å². The maximum Gasteiger partial charge on any atom is 0.123 e. The lowest BCUT2D eigenvalue weighted by atomic mass is 10.0. The van der Waals surface area contributed by atoms with Crippen molar-refractivity contribution in [3.05, 3.63) is 81.1 Å². The molecule has 0 amide bonds. The molecule has 0 atom stereocenters. The van der Waals surface area contributed by atoms with Crippen molar-refractivity contribution < 1.29 is 0 Å². The van der Waals surface area contributed by atoms with E-state index in [0.29, 0.717) is 17.1 Å². The van der Waals surface area contributed by atoms with E-state index in [1.165, 1.54) is 5.56 Å². The molecule has 4 nitrogen and oxygen atoms in total. The van der Waals surface area contributed by atoms with Crippen LogP contribution in [0, 0.1) is 25.2 Å². The summed E-state index contributed by atoms with van der Waals surface area (Å²) >= 11 is 7.93. The highest BCUT2D eigenvalue weighted by atomic mass is 35.5. The van der Waals surface area contributed by atoms with Crippen molar-refractivity contribution in [2.75, 3.05) is 0 Å². The molecule has 2 aromatic heterocycles. The van der Waals surface area contributed by atoms with Crippen molar-refractivity contribution in [3.63, 3.8) is 0 Å². The molecule has 0 saturated heterocycles. The van der Waals surface area contributed by atoms with Crippen LogP contribution >= 0.6 is 22.9 Å². The van der Waals surface area contributed by atoms with Crippen LogP contribution in [0.4, 0.5) is 0 Å². The second kappa shape index (κ2) is 8.43. The summed E-state index contributed by atoms with van der Waals surface area (Å²) < 4.78 is 2.02. The van der Waals surface area contributed by atoms with Gasteiger partial charge in [-0.15, -0.1) is 11.3 Å². The Bertz CT molecular complexity index is 1250. The molecule has 0 aliphatic heterocycles. The number of thiazole rings is 1. The molecule has 4 aromatic rings. The number of hydrogen-bond donors (Lipinski definition) is 0. The predicted octanol–water partition coefficient (Wildman–Crippen LogP) is 6.43. The summed E-state index contributed by atoms with van der Waals surface area (Å²) in [5, 5.41) is 17.5. The number of nitrogens with zero attached hydrogens (tertiary/aromatic N) is 4. The number of benzene rings is 2. The van der Waals surface area contributed by atoms with Gasteiger partial charge in [0.15, 0.2) is 0 Å². The molecule has 0 aliphatic carbocycles. The van der Waals surface area contributed by atoms with Gasteiger partial charge in [0.1, 0.15) is 11.1 Å². The van der Waals surface area contributed by atoms with Crippen molar-refractivity contribution >= 4 is 22.9 Å². The Kier molecular flexibility index (Phi) is 5.72. The lowest BCUT2D eigenvalue weighted by Crippen LogP contribution is -2.04. The van der Waals surface area contributed by atoms with Crippen molar-refractivity contribution in [1.82, 2.24) is 14.8 Å². The smallest absolute Gasteiger partial charge is 0.123 e. The number of aryl methyl sites for hydroxylation is 2. The fourth-order valence-corrected chi connectivity index (χ4v) is 4.69. The average Bonchev–Trinajstić information content (AvgIpc) is 3.33. The van der Waals surface area contributed by atoms with Crippen LogP contribution in [0.1, 0.15) is 35.1 Å². The van der Waals surface area contributed by atoms with E-state index < -0.39 is 0 Å². The van der Waals surface area contributed by atoms with Crippen LogP contribution in [-0.4, -0.2) is 14.8 Å². The van der Waals surface area contributed by atoms with Gasteiger partial charge in [-0.05, 0) is 43.5 Å². The molecule has 6 heteroatoms. The van der Waals surface area contributed by atoms with Gasteiger partial charge >= 0.3 is 0 Å². The molecular formula is C24H21ClN4S. The van der Waals surface area contributed by atoms with Gasteiger partial charge in [0, 0.05) is 22.2 Å². The summed E-state index contributed by atoms with van der Waals surface area (Å²) in [4.78, 5) is 4.66. The lowest BCUT2D eigenvalue weighted by Gasteiger charge is -2.07. The number of hydrogen-bond acceptors (Lipinski definition) is 4. The molecule has 0 saturated carbocycles. The van der Waals surface area contributed by atoms with Crippen LogP contribution in [-0.2, 0) is 13.0 Å². The van der Waals surface area contributed by atoms with Gasteiger partial charge < -0.3 is 0 Å². The fraction of sp³-hybridized carbons (Fsp3) is 0.208. The third-order valence-corrected chi connectivity index (χ3v) is 6.46. The summed E-state index contributed by atoms with van der Waals surface area (Å²) in [6, 6.07) is 16.2. The van der Waals surface area contributed by atoms with Crippen molar-refractivity contribution in [2.45, 2.75) is 33.7 Å². The van der Waals surface area contributed by atoms with Crippen LogP contribution in [0.15, 0.2) is 47.8 Å². The zero-order valence-electron chi connectivity index (χ0n) is 17.1. The summed E-state index contributed by atoms with van der Waals surface area (Å²) in [5.41, 5.74) is 8.00. The molecule has 4 rings (SSSR count). The van der Waals surface area contributed by atoms with Crippen molar-refractivity contribution in [3.8, 4) is 27.8 Å². The van der Waals surface area contributed by atoms with Crippen LogP contribution in [0.2, 0.25) is 5.02 Å². The average molecular weight is 433 g/mol. The molecule has 30 heavy (non-hydrogen) atoms. The first-order valence-electron chi connectivity index (χ1n) is 9.78. The molecule has 2 aromatic carbocycles. The van der Waals surface area contributed by atoms with E-state index in [0.717, 1.165) is 45.2 Å². The molecule has 0 bridgehead atoms. The monoisotopic (exact) mass is 432 g/mol. The largest absolute Gasteiger partial charge is 0.265 e. The minimum atomic E-state index is 0.463. The second-order valence-electron chi connectivity index (χ2n) is 7.20. The second-order valence-corrected chi connectivity index (χ2v) is 8.47. The van der Waals surface area contributed by atoms with Crippen LogP contribution in [0.5, 0.6) is 0 Å². The number of rotatable bonds is 5. The topological polar surface area (TPSA) is 54.5 Å². The first kappa shape index (κ1) is 20.3. The Morgan fingerprint density at radius 3 is 2.47 bits per heavy atom. The summed E-state index contributed by atoms with van der Waals surface area (Å²) in [5.74, 6) is 0. The highest BCUT2D eigenvalue weighted by molar-refractivity contribution is 7.13. The Balaban J connectivity index is 1.59. The summed E-state index contributed by atoms with van der Waals surface area (Å²) in [7, 11) is 0. The van der Waals surface area contributed by atoms with Gasteiger partial charge in [-0.2, -0.15) is 10.4 Å². The van der Waals surface area contributed by atoms with E-state index in [4.69, 9.17) is 22.0 Å². The van der Waals surface area contributed by atoms with Gasteiger partial charge in [-0.1, -0.05) is 48.9 Å². The third-order valence-electron chi connectivity index (χ3n) is 5.21. The van der Waals surface area contributed by atoms with E-state index in [9.17, 15) is 0 Å². The third kappa shape index (κ3) is 3.89. The highest BCUT2D eigenvalue weighted by Crippen LogP contribution is 2.31. The summed E-state index contributed by atoms with van der Waals surface area (Å²) in [6.45, 7) is 6.88. The zero-order valence-corrected chi connectivity index (χ0v) is 18.7. The van der Waals surface area contributed by atoms with Crippen LogP contribution in [0.3, 0.4) is 0 Å². The zero-order chi connectivity index (χ0) is 21.3. The van der Waals surface area contributed by atoms with Gasteiger partial charge in [0.25, 0.3) is 0 Å². The number of aromatic nitrogens is 3. The minimum Gasteiger partial charge on any atom is -0.265 e. The van der Waals surface area contributed by atoms with Gasteiger partial charge in [0.2, 0.25) is 0 Å². The molecular weight excluding hydrogens is 412 g/mol. The van der Waals surface area contributed by atoms with Gasteiger partial charge in [-0.3, -0.25) is 4.68 Å². The van der Waals surface area contributed by atoms with Gasteiger partial charge in [0.05, 0.1) is 28.5 Å². The first-order valence-corrected chi connectivity index (χ1v) is 11.0. The Morgan fingerprint density at radius 1 is 1.10 bits per heavy atom. The Labute approximate surface area is 185 Å². The van der Waals surface area contributed by atoms with Crippen LogP contribution in [0.25, 0.3) is 21.7 Å². The molecule has 0 N–H and O–H groups in total. The molecule has 2 heterocycles. The molecule has 0 fully saturated rings. The van der Waals surface area contributed by atoms with E-state index in [-0.39, 0.29) is 0 Å². The van der Waals surface area contributed by atoms with Crippen molar-refractivity contribution in [2.24, 2.45) is 0 Å². The molecule has 0 spiro atoms. The first-order chi connectivity index (χ1) is 14.5. The van der Waals surface area contributed by atoms with E-state index >= 15 is 0 Å². The standard InChI is InChI=1S/C24H21ClN4S/c1-4-21-14-30-24(27-21)18-7-5-17(6-8-18)13-29-16(3)23(15(2)28-29)19-9-10-20(12-26)22(25)11-19/h5-11,14H,4,13H2,1-3H3. The Morgan fingerprint density at radius 2 is 1.83 bits per heavy atom. The van der Waals surface area contributed by atoms with Crippen LogP contribution < -0.4 is 0 Å². The SMILES string of the molecule is CCc1csc(-c2ccc(Cn3nc(C)c(-c4ccc(C#N)c(Cl)c4)c3C)cc2)n1. The normalized spacial score (nSPS) is 10.9. The quantitative estimate of drug-likeness (QED) is 0.365. The Hall–Kier alpha value is -2.94. The van der Waals surface area contributed by atoms with E-state index in [2.05, 4.69) is 54.5 Å². The maximum absolute atomic E-state index is 9.11. The lowest BCUT2D eigenvalue weighted by molar-refractivity contribution is 0.659. The highest BCUT2D eigenvalue weighted by Gasteiger charge is 2.15. The molecule has 0 radical (unpaired) electrons. The minimum absolute atomic E-state index is 0.463. The predicted molar refractivity (Wildman–Crippen MR) is 123 cm³/mol.